The zero-order valence-electron chi connectivity index (χ0n) is 19.0. The van der Waals surface area contributed by atoms with E-state index < -0.39 is 24.3 Å². The van der Waals surface area contributed by atoms with Crippen molar-refractivity contribution in [2.45, 2.75) is 25.7 Å². The molecule has 4 aromatic rings. The van der Waals surface area contributed by atoms with Gasteiger partial charge in [0.05, 0.1) is 24.5 Å². The third-order valence-corrected chi connectivity index (χ3v) is 6.76. The number of nitrogens with zero attached hydrogens (tertiary/aromatic N) is 7. The van der Waals surface area contributed by atoms with Crippen LogP contribution in [0.4, 0.5) is 28.6 Å². The normalized spacial score (nSPS) is 18.6. The predicted octanol–water partition coefficient (Wildman–Crippen LogP) is 4.66. The molecule has 4 heterocycles. The summed E-state index contributed by atoms with van der Waals surface area (Å²) in [5.74, 6) is -1.15. The molecule has 0 bridgehead atoms. The van der Waals surface area contributed by atoms with Gasteiger partial charge < -0.3 is 14.5 Å². The fraction of sp³-hybridized carbons (Fsp3) is 0.364. The molecule has 0 saturated carbocycles. The van der Waals surface area contributed by atoms with Crippen molar-refractivity contribution in [3.8, 4) is 11.3 Å². The van der Waals surface area contributed by atoms with Crippen LogP contribution in [0.5, 0.6) is 0 Å². The second-order valence-corrected chi connectivity index (χ2v) is 9.39. The van der Waals surface area contributed by atoms with Gasteiger partial charge in [0.2, 0.25) is 5.95 Å². The first-order valence-electron chi connectivity index (χ1n) is 10.7. The van der Waals surface area contributed by atoms with Crippen LogP contribution in [-0.4, -0.2) is 58.0 Å². The minimum atomic E-state index is -2.75. The number of fused-ring (bicyclic) bond motifs is 1. The van der Waals surface area contributed by atoms with Crippen LogP contribution < -0.4 is 9.80 Å². The van der Waals surface area contributed by atoms with E-state index in [4.69, 9.17) is 4.74 Å². The standard InChI is InChI=1S/C22H21F4N7OS/c1-11-8-32(10-16(34-11)12-7-27-33(9-12)20(25)26)21-28-17(14-5-4-13(23)6-15(14)24)18-19(29-21)30-22(35-18)31(2)3/h4-7,9,11,16,20H,8,10H2,1-3H3/t11-,16-/m0/s1. The molecule has 1 saturated heterocycles. The van der Waals surface area contributed by atoms with Crippen LogP contribution in [0, 0.1) is 11.6 Å². The molecule has 13 heteroatoms. The molecule has 8 nitrogen and oxygen atoms in total. The number of hydrogen-bond acceptors (Lipinski definition) is 8. The average Bonchev–Trinajstić information content (AvgIpc) is 3.46. The third kappa shape index (κ3) is 4.52. The highest BCUT2D eigenvalue weighted by Crippen LogP contribution is 2.37. The van der Waals surface area contributed by atoms with E-state index in [1.807, 2.05) is 30.8 Å². The number of rotatable bonds is 5. The van der Waals surface area contributed by atoms with Gasteiger partial charge in [-0.3, -0.25) is 0 Å². The maximum atomic E-state index is 14.8. The number of benzene rings is 1. The fourth-order valence-electron chi connectivity index (χ4n) is 3.92. The van der Waals surface area contributed by atoms with E-state index in [1.165, 1.54) is 35.9 Å². The number of halogens is 4. The van der Waals surface area contributed by atoms with Crippen LogP contribution in [-0.2, 0) is 4.74 Å². The maximum Gasteiger partial charge on any atom is 0.333 e. The van der Waals surface area contributed by atoms with Gasteiger partial charge in [-0.05, 0) is 19.1 Å². The molecule has 0 aliphatic carbocycles. The Morgan fingerprint density at radius 2 is 1.94 bits per heavy atom. The molecule has 0 spiro atoms. The molecule has 0 radical (unpaired) electrons. The van der Waals surface area contributed by atoms with Gasteiger partial charge >= 0.3 is 6.55 Å². The summed E-state index contributed by atoms with van der Waals surface area (Å²) in [6.07, 6.45) is 1.77. The first-order chi connectivity index (χ1) is 16.7. The largest absolute Gasteiger partial charge is 0.367 e. The summed E-state index contributed by atoms with van der Waals surface area (Å²) in [4.78, 5) is 17.5. The lowest BCUT2D eigenvalue weighted by atomic mass is 10.1. The molecule has 184 valence electrons. The van der Waals surface area contributed by atoms with Gasteiger partial charge in [-0.2, -0.15) is 23.8 Å². The van der Waals surface area contributed by atoms with Gasteiger partial charge in [0.1, 0.15) is 22.4 Å². The number of ether oxygens (including phenoxy) is 1. The minimum absolute atomic E-state index is 0.130. The van der Waals surface area contributed by atoms with Crippen LogP contribution in [0.15, 0.2) is 30.6 Å². The van der Waals surface area contributed by atoms with Crippen molar-refractivity contribution in [3.63, 3.8) is 0 Å². The van der Waals surface area contributed by atoms with Gasteiger partial charge in [0.15, 0.2) is 10.8 Å². The zero-order valence-corrected chi connectivity index (χ0v) is 19.8. The van der Waals surface area contributed by atoms with E-state index in [2.05, 4.69) is 20.1 Å². The summed E-state index contributed by atoms with van der Waals surface area (Å²) in [5, 5.41) is 4.35. The van der Waals surface area contributed by atoms with E-state index in [1.54, 1.807) is 0 Å². The SMILES string of the molecule is C[C@H]1CN(c2nc(-c3ccc(F)cc3F)c3sc(N(C)C)nc3n2)C[C@@H](c2cnn(C(F)F)c2)O1. The van der Waals surface area contributed by atoms with Crippen LogP contribution >= 0.6 is 11.3 Å². The highest BCUT2D eigenvalue weighted by atomic mass is 32.1. The Balaban J connectivity index is 1.58. The number of thiazole rings is 1. The van der Waals surface area contributed by atoms with Crippen molar-refractivity contribution in [2.24, 2.45) is 0 Å². The van der Waals surface area contributed by atoms with Gasteiger partial charge in [-0.15, -0.1) is 0 Å². The molecule has 2 atom stereocenters. The van der Waals surface area contributed by atoms with E-state index in [0.29, 0.717) is 38.0 Å². The molecule has 5 rings (SSSR count). The minimum Gasteiger partial charge on any atom is -0.367 e. The summed E-state index contributed by atoms with van der Waals surface area (Å²) in [6.45, 7) is -0.222. The van der Waals surface area contributed by atoms with E-state index >= 15 is 0 Å². The summed E-state index contributed by atoms with van der Waals surface area (Å²) in [7, 11) is 3.66. The highest BCUT2D eigenvalue weighted by molar-refractivity contribution is 7.22. The lowest BCUT2D eigenvalue weighted by Gasteiger charge is -2.36. The number of anilines is 2. The van der Waals surface area contributed by atoms with Crippen LogP contribution in [0.25, 0.3) is 21.6 Å². The van der Waals surface area contributed by atoms with Crippen LogP contribution in [0.1, 0.15) is 25.1 Å². The van der Waals surface area contributed by atoms with Crippen molar-refractivity contribution < 1.29 is 22.3 Å². The molecule has 0 N–H and O–H groups in total. The van der Waals surface area contributed by atoms with Gasteiger partial charge in [0, 0.05) is 44.0 Å². The van der Waals surface area contributed by atoms with Crippen LogP contribution in [0.3, 0.4) is 0 Å². The Kier molecular flexibility index (Phi) is 6.05. The summed E-state index contributed by atoms with van der Waals surface area (Å²) < 4.78 is 61.5. The second-order valence-electron chi connectivity index (χ2n) is 8.41. The maximum absolute atomic E-state index is 14.8. The number of hydrogen-bond donors (Lipinski definition) is 0. The second kappa shape index (κ2) is 9.04. The number of alkyl halides is 2. The lowest BCUT2D eigenvalue weighted by molar-refractivity contribution is -0.0181. The Bertz CT molecular complexity index is 1380. The third-order valence-electron chi connectivity index (χ3n) is 5.54. The Morgan fingerprint density at radius 1 is 1.14 bits per heavy atom. The Morgan fingerprint density at radius 3 is 2.63 bits per heavy atom. The zero-order chi connectivity index (χ0) is 24.9. The fourth-order valence-corrected chi connectivity index (χ4v) is 4.86. The molecular formula is C22H21F4N7OS. The molecule has 0 unspecified atom stereocenters. The molecular weight excluding hydrogens is 486 g/mol. The monoisotopic (exact) mass is 507 g/mol. The Labute approximate surface area is 201 Å². The van der Waals surface area contributed by atoms with Gasteiger partial charge in [0.25, 0.3) is 0 Å². The van der Waals surface area contributed by atoms with Crippen molar-refractivity contribution >= 4 is 32.8 Å². The van der Waals surface area contributed by atoms with E-state index in [0.717, 1.165) is 6.07 Å². The van der Waals surface area contributed by atoms with Crippen LogP contribution in [0.2, 0.25) is 0 Å². The molecule has 1 fully saturated rings. The topological polar surface area (TPSA) is 72.2 Å². The molecule has 3 aromatic heterocycles. The quantitative estimate of drug-likeness (QED) is 0.364. The van der Waals surface area contributed by atoms with Crippen molar-refractivity contribution in [3.05, 3.63) is 47.8 Å². The first kappa shape index (κ1) is 23.4. The van der Waals surface area contributed by atoms with Gasteiger partial charge in [-0.1, -0.05) is 11.3 Å². The van der Waals surface area contributed by atoms with E-state index in [-0.39, 0.29) is 24.2 Å². The predicted molar refractivity (Wildman–Crippen MR) is 124 cm³/mol. The van der Waals surface area contributed by atoms with Gasteiger partial charge in [-0.25, -0.2) is 18.4 Å². The smallest absolute Gasteiger partial charge is 0.333 e. The summed E-state index contributed by atoms with van der Waals surface area (Å²) in [5.41, 5.74) is 1.30. The molecule has 1 aromatic carbocycles. The van der Waals surface area contributed by atoms with Crippen molar-refractivity contribution in [1.82, 2.24) is 24.7 Å². The Hall–Kier alpha value is -3.32. The highest BCUT2D eigenvalue weighted by Gasteiger charge is 2.31. The number of morpholine rings is 1. The van der Waals surface area contributed by atoms with Crippen molar-refractivity contribution in [1.29, 1.82) is 0 Å². The summed E-state index contributed by atoms with van der Waals surface area (Å²) in [6, 6.07) is 3.33. The molecule has 1 aliphatic heterocycles. The average molecular weight is 508 g/mol. The molecule has 35 heavy (non-hydrogen) atoms. The summed E-state index contributed by atoms with van der Waals surface area (Å²) >= 11 is 1.30. The number of aromatic nitrogens is 5. The lowest BCUT2D eigenvalue weighted by Crippen LogP contribution is -2.43. The molecule has 1 aliphatic rings. The molecule has 0 amide bonds. The van der Waals surface area contributed by atoms with Crippen molar-refractivity contribution in [2.75, 3.05) is 37.0 Å². The first-order valence-corrected chi connectivity index (χ1v) is 11.5. The van der Waals surface area contributed by atoms with E-state index in [9.17, 15) is 17.6 Å².